The summed E-state index contributed by atoms with van der Waals surface area (Å²) in [6.45, 7) is 8.67. The summed E-state index contributed by atoms with van der Waals surface area (Å²) in [4.78, 5) is 25.6. The molecule has 23 heavy (non-hydrogen) atoms. The molecular formula is C15H26N2O4SSi. The first-order valence-corrected chi connectivity index (χ1v) is 12.8. The zero-order valence-corrected chi connectivity index (χ0v) is 16.0. The molecule has 2 N–H and O–H groups in total. The lowest BCUT2D eigenvalue weighted by molar-refractivity contribution is -0.00763. The lowest BCUT2D eigenvalue weighted by Crippen LogP contribution is -2.33. The molecule has 3 atom stereocenters. The van der Waals surface area contributed by atoms with E-state index in [2.05, 4.69) is 24.6 Å². The molecule has 130 valence electrons. The van der Waals surface area contributed by atoms with Gasteiger partial charge in [-0.2, -0.15) is 11.8 Å². The van der Waals surface area contributed by atoms with Crippen LogP contribution in [-0.2, 0) is 4.74 Å². The molecule has 0 aromatic carbocycles. The van der Waals surface area contributed by atoms with E-state index in [0.29, 0.717) is 12.0 Å². The van der Waals surface area contributed by atoms with Crippen molar-refractivity contribution < 1.29 is 9.84 Å². The minimum Gasteiger partial charge on any atom is -0.390 e. The van der Waals surface area contributed by atoms with Crippen molar-refractivity contribution in [3.8, 4) is 0 Å². The summed E-state index contributed by atoms with van der Waals surface area (Å²) in [6.07, 6.45) is 0.490. The number of rotatable bonds is 6. The van der Waals surface area contributed by atoms with Gasteiger partial charge in [0.2, 0.25) is 0 Å². The fraction of sp³-hybridized carbons (Fsp3) is 0.733. The van der Waals surface area contributed by atoms with Gasteiger partial charge >= 0.3 is 5.69 Å². The molecule has 1 aliphatic rings. The van der Waals surface area contributed by atoms with Gasteiger partial charge in [-0.3, -0.25) is 14.3 Å². The van der Waals surface area contributed by atoms with Gasteiger partial charge in [-0.15, -0.1) is 0 Å². The summed E-state index contributed by atoms with van der Waals surface area (Å²) < 4.78 is 7.22. The molecule has 0 unspecified atom stereocenters. The lowest BCUT2D eigenvalue weighted by atomic mass is 10.2. The molecule has 1 aliphatic heterocycles. The number of aromatic nitrogens is 2. The molecule has 0 amide bonds. The Morgan fingerprint density at radius 3 is 2.78 bits per heavy atom. The Kier molecular flexibility index (Phi) is 5.93. The van der Waals surface area contributed by atoms with Crippen LogP contribution in [0.15, 0.2) is 15.8 Å². The first-order chi connectivity index (χ1) is 10.7. The van der Waals surface area contributed by atoms with Crippen LogP contribution in [0, 0.1) is 6.92 Å². The number of thioether (sulfide) groups is 1. The van der Waals surface area contributed by atoms with Crippen LogP contribution in [0.5, 0.6) is 0 Å². The van der Waals surface area contributed by atoms with Gasteiger partial charge in [-0.1, -0.05) is 19.6 Å². The van der Waals surface area contributed by atoms with Crippen LogP contribution in [0.2, 0.25) is 25.7 Å². The van der Waals surface area contributed by atoms with Crippen molar-refractivity contribution >= 4 is 19.8 Å². The molecule has 1 saturated heterocycles. The first-order valence-electron chi connectivity index (χ1n) is 7.91. The zero-order chi connectivity index (χ0) is 17.2. The topological polar surface area (TPSA) is 84.3 Å². The number of hydrogen-bond donors (Lipinski definition) is 2. The Morgan fingerprint density at radius 1 is 1.43 bits per heavy atom. The maximum Gasteiger partial charge on any atom is 0.330 e. The Morgan fingerprint density at radius 2 is 2.13 bits per heavy atom. The van der Waals surface area contributed by atoms with Gasteiger partial charge in [0.1, 0.15) is 6.23 Å². The summed E-state index contributed by atoms with van der Waals surface area (Å²) in [7, 11) is -1.04. The number of aromatic amines is 1. The van der Waals surface area contributed by atoms with Gasteiger partial charge in [0.15, 0.2) is 0 Å². The third-order valence-corrected chi connectivity index (χ3v) is 7.11. The minimum absolute atomic E-state index is 0.272. The molecule has 8 heteroatoms. The second kappa shape index (κ2) is 7.37. The molecule has 0 spiro atoms. The second-order valence-electron chi connectivity index (χ2n) is 7.30. The summed E-state index contributed by atoms with van der Waals surface area (Å²) in [6, 6.07) is 1.24. The van der Waals surface area contributed by atoms with Crippen molar-refractivity contribution in [3.63, 3.8) is 0 Å². The highest BCUT2D eigenvalue weighted by Crippen LogP contribution is 2.30. The second-order valence-corrected chi connectivity index (χ2v) is 14.1. The Labute approximate surface area is 141 Å². The summed E-state index contributed by atoms with van der Waals surface area (Å²) >= 11 is 1.79. The number of aryl methyl sites for hydroxylation is 1. The van der Waals surface area contributed by atoms with Gasteiger partial charge in [0.05, 0.1) is 12.2 Å². The Hall–Kier alpha value is -0.833. The average molecular weight is 359 g/mol. The summed E-state index contributed by atoms with van der Waals surface area (Å²) in [5, 5.41) is 10.2. The van der Waals surface area contributed by atoms with Crippen LogP contribution in [0.3, 0.4) is 0 Å². The summed E-state index contributed by atoms with van der Waals surface area (Å²) in [5.41, 5.74) is -0.427. The van der Waals surface area contributed by atoms with E-state index in [-0.39, 0.29) is 11.7 Å². The normalized spacial score (nSPS) is 25.0. The van der Waals surface area contributed by atoms with Crippen LogP contribution in [0.1, 0.15) is 18.2 Å². The van der Waals surface area contributed by atoms with Gasteiger partial charge in [-0.25, -0.2) is 4.79 Å². The molecule has 1 fully saturated rings. The van der Waals surface area contributed by atoms with Crippen LogP contribution in [0.4, 0.5) is 0 Å². The van der Waals surface area contributed by atoms with Crippen LogP contribution in [0.25, 0.3) is 0 Å². The van der Waals surface area contributed by atoms with Gasteiger partial charge < -0.3 is 9.84 Å². The van der Waals surface area contributed by atoms with Gasteiger partial charge in [0, 0.05) is 32.0 Å². The average Bonchev–Trinajstić information content (AvgIpc) is 2.79. The molecule has 6 nitrogen and oxygen atoms in total. The van der Waals surface area contributed by atoms with E-state index < -0.39 is 26.1 Å². The molecule has 0 bridgehead atoms. The van der Waals surface area contributed by atoms with Crippen molar-refractivity contribution in [1.82, 2.24) is 9.55 Å². The van der Waals surface area contributed by atoms with E-state index in [0.717, 1.165) is 11.5 Å². The van der Waals surface area contributed by atoms with Crippen molar-refractivity contribution in [2.45, 2.75) is 57.5 Å². The maximum absolute atomic E-state index is 11.9. The molecule has 0 aliphatic carbocycles. The molecule has 0 saturated carbocycles. The fourth-order valence-electron chi connectivity index (χ4n) is 2.41. The molecule has 2 rings (SSSR count). The highest BCUT2D eigenvalue weighted by molar-refractivity contribution is 7.99. The number of hydrogen-bond acceptors (Lipinski definition) is 5. The van der Waals surface area contributed by atoms with Crippen molar-refractivity contribution in [3.05, 3.63) is 32.6 Å². The highest BCUT2D eigenvalue weighted by Gasteiger charge is 2.35. The third kappa shape index (κ3) is 5.07. The number of aliphatic hydroxyl groups excluding tert-OH is 1. The number of ether oxygens (including phenoxy) is 1. The van der Waals surface area contributed by atoms with E-state index in [1.54, 1.807) is 18.7 Å². The number of nitrogens with zero attached hydrogens (tertiary/aromatic N) is 1. The maximum atomic E-state index is 11.9. The first kappa shape index (κ1) is 18.5. The zero-order valence-electron chi connectivity index (χ0n) is 14.2. The molecule has 1 aromatic rings. The van der Waals surface area contributed by atoms with E-state index in [1.807, 2.05) is 0 Å². The van der Waals surface area contributed by atoms with E-state index in [4.69, 9.17) is 4.74 Å². The number of aliphatic hydroxyl groups is 1. The van der Waals surface area contributed by atoms with Crippen LogP contribution in [-0.4, -0.2) is 46.4 Å². The van der Waals surface area contributed by atoms with Crippen molar-refractivity contribution in [1.29, 1.82) is 0 Å². The molecular weight excluding hydrogens is 332 g/mol. The minimum atomic E-state index is -1.04. The van der Waals surface area contributed by atoms with Crippen molar-refractivity contribution in [2.24, 2.45) is 0 Å². The largest absolute Gasteiger partial charge is 0.390 e. The predicted molar refractivity (Wildman–Crippen MR) is 96.1 cm³/mol. The third-order valence-electron chi connectivity index (χ3n) is 3.94. The lowest BCUT2D eigenvalue weighted by Gasteiger charge is -2.18. The number of nitrogens with one attached hydrogen (secondary N) is 1. The Bertz CT molecular complexity index is 652. The predicted octanol–water partition coefficient (Wildman–Crippen LogP) is 1.56. The molecule has 0 radical (unpaired) electrons. The quantitative estimate of drug-likeness (QED) is 0.596. The number of H-pyrrole nitrogens is 1. The fourth-order valence-corrected chi connectivity index (χ4v) is 6.14. The standard InChI is InChI=1S/C15H26N2O4SSi/c1-10-8-17(15(20)16-14(10)19)13-7-11(18)12(21-13)9-22-5-6-23(2,3)4/h8,11-13,18H,5-7,9H2,1-4H3,(H,16,19,20)/t11-,12+,13+/m0/s1. The SMILES string of the molecule is Cc1cn([C@H]2C[C@H](O)[C@@H](CSCC[Si](C)(C)C)O2)c(=O)[nH]c1=O. The Balaban J connectivity index is 1.95. The van der Waals surface area contributed by atoms with Crippen LogP contribution < -0.4 is 11.2 Å². The van der Waals surface area contributed by atoms with Gasteiger partial charge in [0.25, 0.3) is 5.56 Å². The van der Waals surface area contributed by atoms with E-state index in [9.17, 15) is 14.7 Å². The smallest absolute Gasteiger partial charge is 0.330 e. The summed E-state index contributed by atoms with van der Waals surface area (Å²) in [5.74, 6) is 1.80. The van der Waals surface area contributed by atoms with Gasteiger partial charge in [-0.05, 0) is 18.7 Å². The molecule has 2 heterocycles. The highest BCUT2D eigenvalue weighted by atomic mass is 32.2. The monoisotopic (exact) mass is 358 g/mol. The van der Waals surface area contributed by atoms with Crippen molar-refractivity contribution in [2.75, 3.05) is 11.5 Å². The molecule has 1 aromatic heterocycles. The van der Waals surface area contributed by atoms with E-state index in [1.165, 1.54) is 16.8 Å². The van der Waals surface area contributed by atoms with E-state index >= 15 is 0 Å². The van der Waals surface area contributed by atoms with Crippen LogP contribution >= 0.6 is 11.8 Å².